The van der Waals surface area contributed by atoms with E-state index in [4.69, 9.17) is 5.11 Å². The van der Waals surface area contributed by atoms with Gasteiger partial charge in [0, 0.05) is 6.04 Å². The van der Waals surface area contributed by atoms with Gasteiger partial charge in [-0.3, -0.25) is 19.3 Å². The van der Waals surface area contributed by atoms with Gasteiger partial charge in [0.15, 0.2) is 0 Å². The van der Waals surface area contributed by atoms with E-state index < -0.39 is 12.0 Å². The second-order valence-corrected chi connectivity index (χ2v) is 4.30. The number of thioether (sulfide) groups is 1. The van der Waals surface area contributed by atoms with Crippen LogP contribution in [0, 0.1) is 0 Å². The van der Waals surface area contributed by atoms with E-state index in [0.717, 1.165) is 4.90 Å². The number of nitrogens with zero attached hydrogens (tertiary/aromatic N) is 1. The molecule has 6 heteroatoms. The summed E-state index contributed by atoms with van der Waals surface area (Å²) < 4.78 is 0. The predicted molar refractivity (Wildman–Crippen MR) is 55.5 cm³/mol. The average Bonchev–Trinajstić information content (AvgIpc) is 2.15. The van der Waals surface area contributed by atoms with Crippen molar-refractivity contribution in [3.8, 4) is 0 Å². The third-order valence-corrected chi connectivity index (χ3v) is 3.14. The number of amides is 2. The van der Waals surface area contributed by atoms with Gasteiger partial charge in [-0.15, -0.1) is 11.8 Å². The Balaban J connectivity index is 2.75. The van der Waals surface area contributed by atoms with Crippen molar-refractivity contribution in [1.82, 2.24) is 4.90 Å². The summed E-state index contributed by atoms with van der Waals surface area (Å²) in [4.78, 5) is 34.6. The Morgan fingerprint density at radius 2 is 2.00 bits per heavy atom. The zero-order valence-corrected chi connectivity index (χ0v) is 9.25. The molecule has 0 aromatic carbocycles. The maximum absolute atomic E-state index is 11.5. The summed E-state index contributed by atoms with van der Waals surface area (Å²) in [6.45, 7) is 1.77. The Labute approximate surface area is 91.8 Å². The van der Waals surface area contributed by atoms with Crippen LogP contribution < -0.4 is 0 Å². The molecule has 1 saturated heterocycles. The van der Waals surface area contributed by atoms with Gasteiger partial charge in [-0.05, 0) is 6.42 Å². The third-order valence-electron chi connectivity index (χ3n) is 2.24. The highest BCUT2D eigenvalue weighted by Gasteiger charge is 2.32. The first-order valence-corrected chi connectivity index (χ1v) is 5.86. The second-order valence-electron chi connectivity index (χ2n) is 3.31. The van der Waals surface area contributed by atoms with Crippen molar-refractivity contribution < 1.29 is 19.5 Å². The molecule has 15 heavy (non-hydrogen) atoms. The minimum atomic E-state index is -0.985. The van der Waals surface area contributed by atoms with Crippen molar-refractivity contribution in [1.29, 1.82) is 0 Å². The molecule has 0 aromatic rings. The standard InChI is InChI=1S/C9H13NO4S/c1-2-6(3-9(13)14)10-7(11)4-15-5-8(10)12/h6H,2-5H2,1H3,(H,13,14). The molecule has 1 rings (SSSR count). The molecule has 1 aliphatic heterocycles. The zero-order chi connectivity index (χ0) is 11.4. The van der Waals surface area contributed by atoms with Crippen LogP contribution in [0.25, 0.3) is 0 Å². The highest BCUT2D eigenvalue weighted by atomic mass is 32.2. The smallest absolute Gasteiger partial charge is 0.305 e. The van der Waals surface area contributed by atoms with E-state index in [9.17, 15) is 14.4 Å². The lowest BCUT2D eigenvalue weighted by molar-refractivity contribution is -0.147. The predicted octanol–water partition coefficient (Wildman–Crippen LogP) is 0.342. The van der Waals surface area contributed by atoms with Crippen molar-refractivity contribution in [3.05, 3.63) is 0 Å². The van der Waals surface area contributed by atoms with Crippen LogP contribution in [0.4, 0.5) is 0 Å². The maximum atomic E-state index is 11.5. The molecule has 5 nitrogen and oxygen atoms in total. The van der Waals surface area contributed by atoms with Crippen LogP contribution in [0.15, 0.2) is 0 Å². The number of carboxylic acid groups (broad SMARTS) is 1. The summed E-state index contributed by atoms with van der Waals surface area (Å²) in [6.07, 6.45) is 0.313. The number of hydrogen-bond donors (Lipinski definition) is 1. The van der Waals surface area contributed by atoms with Crippen molar-refractivity contribution in [2.45, 2.75) is 25.8 Å². The summed E-state index contributed by atoms with van der Waals surface area (Å²) in [7, 11) is 0. The first-order chi connectivity index (χ1) is 7.06. The normalized spacial score (nSPS) is 19.1. The lowest BCUT2D eigenvalue weighted by atomic mass is 10.1. The van der Waals surface area contributed by atoms with Crippen molar-refractivity contribution in [2.75, 3.05) is 11.5 Å². The van der Waals surface area contributed by atoms with Crippen molar-refractivity contribution in [2.24, 2.45) is 0 Å². The molecule has 1 atom stereocenters. The van der Waals surface area contributed by atoms with Crippen LogP contribution in [0.1, 0.15) is 19.8 Å². The van der Waals surface area contributed by atoms with Gasteiger partial charge in [-0.25, -0.2) is 0 Å². The molecular weight excluding hydrogens is 218 g/mol. The van der Waals surface area contributed by atoms with E-state index in [-0.39, 0.29) is 29.7 Å². The highest BCUT2D eigenvalue weighted by Crippen LogP contribution is 2.18. The van der Waals surface area contributed by atoms with Crippen LogP contribution in [-0.4, -0.2) is 45.3 Å². The molecule has 84 valence electrons. The Bertz CT molecular complexity index is 276. The van der Waals surface area contributed by atoms with Gasteiger partial charge in [0.2, 0.25) is 11.8 Å². The van der Waals surface area contributed by atoms with E-state index >= 15 is 0 Å². The number of hydrogen-bond acceptors (Lipinski definition) is 4. The minimum Gasteiger partial charge on any atom is -0.481 e. The summed E-state index contributed by atoms with van der Waals surface area (Å²) >= 11 is 1.27. The summed E-state index contributed by atoms with van der Waals surface area (Å²) in [5, 5.41) is 8.66. The maximum Gasteiger partial charge on any atom is 0.305 e. The molecule has 0 spiro atoms. The number of carbonyl (C=O) groups excluding carboxylic acids is 2. The molecule has 0 radical (unpaired) electrons. The van der Waals surface area contributed by atoms with Crippen LogP contribution in [0.5, 0.6) is 0 Å². The number of aliphatic carboxylic acids is 1. The monoisotopic (exact) mass is 231 g/mol. The average molecular weight is 231 g/mol. The molecule has 0 saturated carbocycles. The van der Waals surface area contributed by atoms with Crippen LogP contribution >= 0.6 is 11.8 Å². The number of carboxylic acids is 1. The first-order valence-electron chi connectivity index (χ1n) is 4.70. The van der Waals surface area contributed by atoms with Gasteiger partial charge in [0.25, 0.3) is 0 Å². The van der Waals surface area contributed by atoms with E-state index in [1.54, 1.807) is 6.92 Å². The summed E-state index contributed by atoms with van der Waals surface area (Å²) in [5.74, 6) is -1.00. The van der Waals surface area contributed by atoms with E-state index in [1.165, 1.54) is 11.8 Å². The fraction of sp³-hybridized carbons (Fsp3) is 0.667. The van der Waals surface area contributed by atoms with Crippen molar-refractivity contribution >= 4 is 29.5 Å². The fourth-order valence-electron chi connectivity index (χ4n) is 1.53. The van der Waals surface area contributed by atoms with Crippen LogP contribution in [0.3, 0.4) is 0 Å². The molecule has 1 unspecified atom stereocenters. The van der Waals surface area contributed by atoms with Gasteiger partial charge in [-0.2, -0.15) is 0 Å². The molecule has 1 heterocycles. The minimum absolute atomic E-state index is 0.168. The SMILES string of the molecule is CCC(CC(=O)O)N1C(=O)CSCC1=O. The highest BCUT2D eigenvalue weighted by molar-refractivity contribution is 8.00. The molecule has 1 N–H and O–H groups in total. The Kier molecular flexibility index (Phi) is 4.14. The number of carbonyl (C=O) groups is 3. The Hall–Kier alpha value is -1.04. The van der Waals surface area contributed by atoms with Gasteiger partial charge in [0.1, 0.15) is 0 Å². The van der Waals surface area contributed by atoms with E-state index in [1.807, 2.05) is 0 Å². The molecule has 0 aromatic heterocycles. The van der Waals surface area contributed by atoms with Crippen molar-refractivity contribution in [3.63, 3.8) is 0 Å². The van der Waals surface area contributed by atoms with Crippen LogP contribution in [0.2, 0.25) is 0 Å². The van der Waals surface area contributed by atoms with E-state index in [2.05, 4.69) is 0 Å². The summed E-state index contributed by atoms with van der Waals surface area (Å²) in [6, 6.07) is -0.497. The van der Waals surface area contributed by atoms with Gasteiger partial charge in [-0.1, -0.05) is 6.92 Å². The largest absolute Gasteiger partial charge is 0.481 e. The second kappa shape index (κ2) is 5.16. The third kappa shape index (κ3) is 2.95. The fourth-order valence-corrected chi connectivity index (χ4v) is 2.26. The molecule has 1 aliphatic rings. The topological polar surface area (TPSA) is 74.7 Å². The first kappa shape index (κ1) is 12.0. The number of imide groups is 1. The van der Waals surface area contributed by atoms with Gasteiger partial charge in [0.05, 0.1) is 17.9 Å². The molecule has 0 bridgehead atoms. The number of rotatable bonds is 4. The van der Waals surface area contributed by atoms with Gasteiger partial charge < -0.3 is 5.11 Å². The molecule has 0 aliphatic carbocycles. The quantitative estimate of drug-likeness (QED) is 0.706. The molecular formula is C9H13NO4S. The lowest BCUT2D eigenvalue weighted by Gasteiger charge is -2.31. The molecule has 1 fully saturated rings. The summed E-state index contributed by atoms with van der Waals surface area (Å²) in [5.41, 5.74) is 0. The molecule has 2 amide bonds. The Morgan fingerprint density at radius 1 is 1.47 bits per heavy atom. The van der Waals surface area contributed by atoms with E-state index in [0.29, 0.717) is 6.42 Å². The van der Waals surface area contributed by atoms with Crippen LogP contribution in [-0.2, 0) is 14.4 Å². The zero-order valence-electron chi connectivity index (χ0n) is 8.43. The van der Waals surface area contributed by atoms with Gasteiger partial charge >= 0.3 is 5.97 Å². The lowest BCUT2D eigenvalue weighted by Crippen LogP contribution is -2.49. The Morgan fingerprint density at radius 3 is 2.40 bits per heavy atom.